The zero-order valence-corrected chi connectivity index (χ0v) is 14.0. The van der Waals surface area contributed by atoms with Crippen molar-refractivity contribution in [2.75, 3.05) is 6.54 Å². The van der Waals surface area contributed by atoms with Gasteiger partial charge in [-0.25, -0.2) is 4.79 Å². The van der Waals surface area contributed by atoms with E-state index in [0.717, 1.165) is 11.1 Å². The normalized spacial score (nSPS) is 20.1. The van der Waals surface area contributed by atoms with Crippen LogP contribution < -0.4 is 5.32 Å². The minimum Gasteiger partial charge on any atom is -0.481 e. The van der Waals surface area contributed by atoms with E-state index < -0.39 is 11.9 Å². The summed E-state index contributed by atoms with van der Waals surface area (Å²) in [5.41, 5.74) is 2.06. The number of carbonyl (C=O) groups excluding carboxylic acids is 1. The van der Waals surface area contributed by atoms with Crippen molar-refractivity contribution < 1.29 is 14.7 Å². The van der Waals surface area contributed by atoms with Crippen molar-refractivity contribution in [1.82, 2.24) is 10.2 Å². The average Bonchev–Trinajstić information content (AvgIpc) is 2.67. The van der Waals surface area contributed by atoms with Gasteiger partial charge in [-0.3, -0.25) is 4.79 Å². The number of aliphatic carboxylic acids is 1. The Balaban J connectivity index is 1.74. The summed E-state index contributed by atoms with van der Waals surface area (Å²) < 4.78 is 0. The van der Waals surface area contributed by atoms with Gasteiger partial charge in [0.15, 0.2) is 0 Å². The lowest BCUT2D eigenvalue weighted by molar-refractivity contribution is -0.143. The molecule has 5 nitrogen and oxygen atoms in total. The van der Waals surface area contributed by atoms with E-state index >= 15 is 0 Å². The second-order valence-electron chi connectivity index (χ2n) is 6.34. The van der Waals surface area contributed by atoms with Crippen molar-refractivity contribution in [3.63, 3.8) is 0 Å². The maximum absolute atomic E-state index is 12.7. The van der Waals surface area contributed by atoms with Gasteiger partial charge in [0.2, 0.25) is 0 Å². The largest absolute Gasteiger partial charge is 0.481 e. The van der Waals surface area contributed by atoms with E-state index in [1.165, 1.54) is 0 Å². The van der Waals surface area contributed by atoms with Crippen molar-refractivity contribution in [3.05, 3.63) is 71.8 Å². The smallest absolute Gasteiger partial charge is 0.318 e. The number of amides is 2. The van der Waals surface area contributed by atoms with Gasteiger partial charge in [0, 0.05) is 13.1 Å². The molecule has 2 amide bonds. The fourth-order valence-corrected chi connectivity index (χ4v) is 3.29. The van der Waals surface area contributed by atoms with Gasteiger partial charge in [0.25, 0.3) is 0 Å². The van der Waals surface area contributed by atoms with Gasteiger partial charge in [0.05, 0.1) is 12.0 Å². The second kappa shape index (κ2) is 7.83. The van der Waals surface area contributed by atoms with Crippen LogP contribution in [0.2, 0.25) is 0 Å². The Morgan fingerprint density at radius 1 is 1.00 bits per heavy atom. The van der Waals surface area contributed by atoms with E-state index in [4.69, 9.17) is 0 Å². The number of carboxylic acid groups (broad SMARTS) is 1. The standard InChI is InChI=1S/C20H22N2O3/c23-19(24)17-11-12-18(16-9-5-2-6-10-16)22(14-17)20(25)21-13-15-7-3-1-4-8-15/h1-10,17-18H,11-14H2,(H,21,25)(H,23,24). The predicted octanol–water partition coefficient (Wildman–Crippen LogP) is 3.43. The van der Waals surface area contributed by atoms with Gasteiger partial charge in [-0.05, 0) is 24.0 Å². The molecule has 2 atom stereocenters. The number of hydrogen-bond donors (Lipinski definition) is 2. The van der Waals surface area contributed by atoms with Crippen LogP contribution in [-0.4, -0.2) is 28.6 Å². The highest BCUT2D eigenvalue weighted by molar-refractivity contribution is 5.77. The number of hydrogen-bond acceptors (Lipinski definition) is 2. The number of nitrogens with zero attached hydrogens (tertiary/aromatic N) is 1. The second-order valence-corrected chi connectivity index (χ2v) is 6.34. The van der Waals surface area contributed by atoms with E-state index in [9.17, 15) is 14.7 Å². The van der Waals surface area contributed by atoms with Gasteiger partial charge >= 0.3 is 12.0 Å². The highest BCUT2D eigenvalue weighted by Gasteiger charge is 2.35. The van der Waals surface area contributed by atoms with Crippen LogP contribution in [0.3, 0.4) is 0 Å². The molecule has 2 N–H and O–H groups in total. The molecule has 1 fully saturated rings. The third-order valence-electron chi connectivity index (χ3n) is 4.66. The molecule has 0 bridgehead atoms. The zero-order valence-electron chi connectivity index (χ0n) is 14.0. The quantitative estimate of drug-likeness (QED) is 0.897. The Morgan fingerprint density at radius 3 is 2.28 bits per heavy atom. The maximum Gasteiger partial charge on any atom is 0.318 e. The van der Waals surface area contributed by atoms with E-state index in [1.54, 1.807) is 4.90 Å². The molecule has 0 aromatic heterocycles. The third kappa shape index (κ3) is 4.18. The Hall–Kier alpha value is -2.82. The average molecular weight is 338 g/mol. The first kappa shape index (κ1) is 17.0. The first-order valence-corrected chi connectivity index (χ1v) is 8.51. The summed E-state index contributed by atoms with van der Waals surface area (Å²) in [6.07, 6.45) is 1.23. The number of likely N-dealkylation sites (tertiary alicyclic amines) is 1. The number of carboxylic acids is 1. The van der Waals surface area contributed by atoms with Gasteiger partial charge in [-0.15, -0.1) is 0 Å². The van der Waals surface area contributed by atoms with E-state index in [2.05, 4.69) is 5.32 Å². The Labute approximate surface area is 147 Å². The molecule has 0 spiro atoms. The molecule has 2 aromatic rings. The number of nitrogens with one attached hydrogen (secondary N) is 1. The lowest BCUT2D eigenvalue weighted by Crippen LogP contribution is -2.48. The summed E-state index contributed by atoms with van der Waals surface area (Å²) in [5, 5.41) is 12.3. The van der Waals surface area contributed by atoms with Crippen LogP contribution in [0.5, 0.6) is 0 Å². The summed E-state index contributed by atoms with van der Waals surface area (Å²) in [5.74, 6) is -1.35. The molecule has 2 unspecified atom stereocenters. The Kier molecular flexibility index (Phi) is 5.33. The van der Waals surface area contributed by atoms with Gasteiger partial charge in [-0.2, -0.15) is 0 Å². The summed E-state index contributed by atoms with van der Waals surface area (Å²) in [7, 11) is 0. The number of urea groups is 1. The number of benzene rings is 2. The van der Waals surface area contributed by atoms with Crippen LogP contribution in [0.15, 0.2) is 60.7 Å². The molecule has 3 rings (SSSR count). The molecule has 0 saturated carbocycles. The molecular weight excluding hydrogens is 316 g/mol. The molecule has 130 valence electrons. The highest BCUT2D eigenvalue weighted by Crippen LogP contribution is 2.33. The monoisotopic (exact) mass is 338 g/mol. The highest BCUT2D eigenvalue weighted by atomic mass is 16.4. The summed E-state index contributed by atoms with van der Waals surface area (Å²) in [6, 6.07) is 19.2. The molecule has 2 aromatic carbocycles. The summed E-state index contributed by atoms with van der Waals surface area (Å²) in [6.45, 7) is 0.658. The fraction of sp³-hybridized carbons (Fsp3) is 0.300. The first-order valence-electron chi connectivity index (χ1n) is 8.51. The van der Waals surface area contributed by atoms with Crippen LogP contribution in [0.4, 0.5) is 4.79 Å². The minimum atomic E-state index is -0.840. The molecule has 0 radical (unpaired) electrons. The molecule has 25 heavy (non-hydrogen) atoms. The van der Waals surface area contributed by atoms with Crippen molar-refractivity contribution in [2.45, 2.75) is 25.4 Å². The Bertz CT molecular complexity index is 718. The number of rotatable bonds is 4. The molecule has 5 heteroatoms. The van der Waals surface area contributed by atoms with E-state index in [1.807, 2.05) is 60.7 Å². The van der Waals surface area contributed by atoms with Gasteiger partial charge in [-0.1, -0.05) is 60.7 Å². The van der Waals surface area contributed by atoms with Crippen molar-refractivity contribution in [3.8, 4) is 0 Å². The van der Waals surface area contributed by atoms with E-state index in [-0.39, 0.29) is 18.6 Å². The van der Waals surface area contributed by atoms with E-state index in [0.29, 0.717) is 19.4 Å². The van der Waals surface area contributed by atoms with Crippen molar-refractivity contribution in [2.24, 2.45) is 5.92 Å². The predicted molar refractivity (Wildman–Crippen MR) is 94.9 cm³/mol. The van der Waals surface area contributed by atoms with Crippen LogP contribution in [0.1, 0.15) is 30.0 Å². The first-order chi connectivity index (χ1) is 12.1. The van der Waals surface area contributed by atoms with Gasteiger partial charge < -0.3 is 15.3 Å². The number of piperidine rings is 1. The zero-order chi connectivity index (χ0) is 17.6. The topological polar surface area (TPSA) is 69.6 Å². The lowest BCUT2D eigenvalue weighted by atomic mass is 9.89. The summed E-state index contributed by atoms with van der Waals surface area (Å²) >= 11 is 0. The lowest BCUT2D eigenvalue weighted by Gasteiger charge is -2.38. The van der Waals surface area contributed by atoms with Crippen LogP contribution in [0, 0.1) is 5.92 Å². The minimum absolute atomic E-state index is 0.0902. The molecule has 1 saturated heterocycles. The van der Waals surface area contributed by atoms with Crippen molar-refractivity contribution in [1.29, 1.82) is 0 Å². The maximum atomic E-state index is 12.7. The van der Waals surface area contributed by atoms with Crippen molar-refractivity contribution >= 4 is 12.0 Å². The molecule has 1 aliphatic heterocycles. The Morgan fingerprint density at radius 2 is 1.64 bits per heavy atom. The number of carbonyl (C=O) groups is 2. The van der Waals surface area contributed by atoms with Crippen LogP contribution >= 0.6 is 0 Å². The molecular formula is C20H22N2O3. The molecule has 0 aliphatic carbocycles. The molecule has 1 aliphatic rings. The molecule has 1 heterocycles. The van der Waals surface area contributed by atoms with Crippen LogP contribution in [0.25, 0.3) is 0 Å². The van der Waals surface area contributed by atoms with Crippen LogP contribution in [-0.2, 0) is 11.3 Å². The third-order valence-corrected chi connectivity index (χ3v) is 4.66. The SMILES string of the molecule is O=C(O)C1CCC(c2ccccc2)N(C(=O)NCc2ccccc2)C1. The summed E-state index contributed by atoms with van der Waals surface area (Å²) in [4.78, 5) is 25.8. The fourth-order valence-electron chi connectivity index (χ4n) is 3.29. The van der Waals surface area contributed by atoms with Gasteiger partial charge in [0.1, 0.15) is 0 Å².